The number of nitrogens with two attached hydrogens (primary N) is 1. The van der Waals surface area contributed by atoms with Crippen molar-refractivity contribution in [3.8, 4) is 0 Å². The van der Waals surface area contributed by atoms with E-state index in [0.717, 1.165) is 0 Å². The van der Waals surface area contributed by atoms with Gasteiger partial charge in [0.15, 0.2) is 6.54 Å². The van der Waals surface area contributed by atoms with Crippen LogP contribution in [0, 0.1) is 6.92 Å². The van der Waals surface area contributed by atoms with Crippen molar-refractivity contribution in [1.29, 1.82) is 0 Å². The molecule has 0 atom stereocenters. The van der Waals surface area contributed by atoms with Crippen LogP contribution in [0.3, 0.4) is 0 Å². The molecule has 34 valence electrons. The third kappa shape index (κ3) is 3.14. The number of amides is 2. The quantitative estimate of drug-likeness (QED) is 0.416. The van der Waals surface area contributed by atoms with Gasteiger partial charge in [-0.15, -0.1) is 0 Å². The van der Waals surface area contributed by atoms with Gasteiger partial charge in [0.1, 0.15) is 0 Å². The van der Waals surface area contributed by atoms with E-state index < -0.39 is 6.03 Å². The van der Waals surface area contributed by atoms with E-state index in [4.69, 9.17) is 0 Å². The molecule has 0 aliphatic rings. The van der Waals surface area contributed by atoms with Crippen molar-refractivity contribution in [2.75, 3.05) is 6.54 Å². The SMILES string of the molecule is [CH2+]CNC(N)=O. The lowest BCUT2D eigenvalue weighted by Gasteiger charge is -1.84. The molecular formula is C3H7N2O+. The standard InChI is InChI=1S/C3H6N2O/c1-2-5-3(4)6/h1-2H2,(H2-,4,5,6)/p+1. The Balaban J connectivity index is 2.83. The summed E-state index contributed by atoms with van der Waals surface area (Å²) in [4.78, 5) is 9.67. The number of urea groups is 1. The Labute approximate surface area is 36.5 Å². The van der Waals surface area contributed by atoms with E-state index in [0.29, 0.717) is 6.54 Å². The normalized spacial score (nSPS) is 7.33. The lowest BCUT2D eigenvalue weighted by Crippen LogP contribution is -2.28. The molecule has 0 aromatic carbocycles. The van der Waals surface area contributed by atoms with Gasteiger partial charge in [0.05, 0.1) is 6.92 Å². The minimum absolute atomic E-state index is 0.356. The van der Waals surface area contributed by atoms with Gasteiger partial charge < -0.3 is 5.73 Å². The number of rotatable bonds is 1. The first-order chi connectivity index (χ1) is 2.77. The molecule has 0 heterocycles. The minimum atomic E-state index is -0.523. The summed E-state index contributed by atoms with van der Waals surface area (Å²) in [7, 11) is 0. The third-order valence-corrected chi connectivity index (χ3v) is 0.299. The van der Waals surface area contributed by atoms with Gasteiger partial charge in [0.2, 0.25) is 0 Å². The number of hydrogen-bond donors (Lipinski definition) is 2. The second-order valence-electron chi connectivity index (χ2n) is 0.791. The van der Waals surface area contributed by atoms with E-state index in [1.807, 2.05) is 0 Å². The summed E-state index contributed by atoms with van der Waals surface area (Å²) in [5.74, 6) is 0. The third-order valence-electron chi connectivity index (χ3n) is 0.299. The topological polar surface area (TPSA) is 55.1 Å². The van der Waals surface area contributed by atoms with Gasteiger partial charge in [-0.3, -0.25) is 5.32 Å². The molecule has 2 amide bonds. The molecule has 0 aromatic rings. The zero-order chi connectivity index (χ0) is 4.99. The highest BCUT2D eigenvalue weighted by molar-refractivity contribution is 5.71. The average Bonchev–Trinajstić information content (AvgIpc) is 1.35. The fourth-order valence-corrected chi connectivity index (χ4v) is 0.123. The van der Waals surface area contributed by atoms with Gasteiger partial charge in [-0.25, -0.2) is 4.79 Å². The lowest BCUT2D eigenvalue weighted by molar-refractivity contribution is 0.250. The maximum Gasteiger partial charge on any atom is 0.315 e. The zero-order valence-corrected chi connectivity index (χ0v) is 3.40. The first kappa shape index (κ1) is 5.14. The summed E-state index contributed by atoms with van der Waals surface area (Å²) in [6.45, 7) is 3.67. The molecule has 0 aliphatic carbocycles. The van der Waals surface area contributed by atoms with E-state index in [2.05, 4.69) is 18.0 Å². The highest BCUT2D eigenvalue weighted by atomic mass is 16.2. The minimum Gasteiger partial charge on any atom is -0.352 e. The highest BCUT2D eigenvalue weighted by Crippen LogP contribution is 1.48. The molecule has 3 nitrogen and oxygen atoms in total. The predicted molar refractivity (Wildman–Crippen MR) is 22.9 cm³/mol. The first-order valence-corrected chi connectivity index (χ1v) is 1.60. The first-order valence-electron chi connectivity index (χ1n) is 1.60. The Morgan fingerprint density at radius 2 is 2.50 bits per heavy atom. The fraction of sp³-hybridized carbons (Fsp3) is 0.333. The number of carbonyl (C=O) groups excluding carboxylic acids is 1. The molecule has 0 spiro atoms. The van der Waals surface area contributed by atoms with Gasteiger partial charge in [-0.1, -0.05) is 0 Å². The van der Waals surface area contributed by atoms with E-state index in [1.165, 1.54) is 0 Å². The summed E-state index contributed by atoms with van der Waals surface area (Å²) >= 11 is 0. The molecule has 3 heteroatoms. The van der Waals surface area contributed by atoms with Crippen LogP contribution < -0.4 is 11.1 Å². The second kappa shape index (κ2) is 2.38. The van der Waals surface area contributed by atoms with Gasteiger partial charge in [0.25, 0.3) is 0 Å². The van der Waals surface area contributed by atoms with Crippen LogP contribution in [0.2, 0.25) is 0 Å². The molecule has 0 bridgehead atoms. The van der Waals surface area contributed by atoms with E-state index in [1.54, 1.807) is 0 Å². The lowest BCUT2D eigenvalue weighted by atomic mass is 10.7. The summed E-state index contributed by atoms with van der Waals surface area (Å²) < 4.78 is 0. The molecule has 0 aromatic heterocycles. The maximum atomic E-state index is 9.67. The Bertz CT molecular complexity index is 52.8. The summed E-state index contributed by atoms with van der Waals surface area (Å²) in [5, 5.41) is 2.24. The Hall–Kier alpha value is -0.860. The van der Waals surface area contributed by atoms with Crippen molar-refractivity contribution >= 4 is 6.03 Å². The van der Waals surface area contributed by atoms with Gasteiger partial charge in [-0.2, -0.15) is 0 Å². The van der Waals surface area contributed by atoms with Crippen LogP contribution in [0.25, 0.3) is 0 Å². The van der Waals surface area contributed by atoms with E-state index in [-0.39, 0.29) is 0 Å². The van der Waals surface area contributed by atoms with Crippen molar-refractivity contribution in [3.05, 3.63) is 6.92 Å². The molecule has 0 saturated carbocycles. The summed E-state index contributed by atoms with van der Waals surface area (Å²) in [5.41, 5.74) is 4.61. The average molecular weight is 87.1 g/mol. The molecule has 0 fully saturated rings. The molecule has 0 aliphatic heterocycles. The van der Waals surface area contributed by atoms with Crippen LogP contribution >= 0.6 is 0 Å². The molecule has 3 N–H and O–H groups in total. The highest BCUT2D eigenvalue weighted by Gasteiger charge is 1.83. The smallest absolute Gasteiger partial charge is 0.315 e. The van der Waals surface area contributed by atoms with Crippen molar-refractivity contribution < 1.29 is 4.79 Å². The van der Waals surface area contributed by atoms with Crippen LogP contribution in [-0.4, -0.2) is 12.6 Å². The summed E-state index contributed by atoms with van der Waals surface area (Å²) in [6.07, 6.45) is 0. The Morgan fingerprint density at radius 3 is 2.50 bits per heavy atom. The second-order valence-corrected chi connectivity index (χ2v) is 0.791. The van der Waals surface area contributed by atoms with Gasteiger partial charge in [-0.05, 0) is 0 Å². The van der Waals surface area contributed by atoms with Gasteiger partial charge >= 0.3 is 6.03 Å². The molecule has 0 unspecified atom stereocenters. The number of carbonyl (C=O) groups is 1. The van der Waals surface area contributed by atoms with Gasteiger partial charge in [0, 0.05) is 0 Å². The molecule has 0 radical (unpaired) electrons. The number of primary amides is 1. The zero-order valence-electron chi connectivity index (χ0n) is 3.40. The maximum absolute atomic E-state index is 9.67. The largest absolute Gasteiger partial charge is 0.352 e. The summed E-state index contributed by atoms with van der Waals surface area (Å²) in [6, 6.07) is -0.523. The van der Waals surface area contributed by atoms with Crippen molar-refractivity contribution in [2.45, 2.75) is 0 Å². The number of hydrogen-bond acceptors (Lipinski definition) is 1. The Kier molecular flexibility index (Phi) is 2.04. The monoisotopic (exact) mass is 87.1 g/mol. The van der Waals surface area contributed by atoms with Crippen LogP contribution in [0.5, 0.6) is 0 Å². The number of nitrogens with one attached hydrogen (secondary N) is 1. The predicted octanol–water partition coefficient (Wildman–Crippen LogP) is -0.511. The molecule has 6 heavy (non-hydrogen) atoms. The van der Waals surface area contributed by atoms with Crippen molar-refractivity contribution in [2.24, 2.45) is 5.73 Å². The van der Waals surface area contributed by atoms with Crippen LogP contribution in [0.1, 0.15) is 0 Å². The van der Waals surface area contributed by atoms with Crippen LogP contribution in [0.15, 0.2) is 0 Å². The fourth-order valence-electron chi connectivity index (χ4n) is 0.123. The molecular weight excluding hydrogens is 80.0 g/mol. The van der Waals surface area contributed by atoms with Crippen molar-refractivity contribution in [3.63, 3.8) is 0 Å². The van der Waals surface area contributed by atoms with E-state index >= 15 is 0 Å². The van der Waals surface area contributed by atoms with Crippen molar-refractivity contribution in [1.82, 2.24) is 5.32 Å². The van der Waals surface area contributed by atoms with Crippen LogP contribution in [0.4, 0.5) is 4.79 Å². The molecule has 0 saturated heterocycles. The Morgan fingerprint density at radius 1 is 2.00 bits per heavy atom. The van der Waals surface area contributed by atoms with Crippen LogP contribution in [-0.2, 0) is 0 Å². The van der Waals surface area contributed by atoms with E-state index in [9.17, 15) is 4.79 Å². The molecule has 0 rings (SSSR count).